The van der Waals surface area contributed by atoms with Crippen LogP contribution >= 0.6 is 11.3 Å². The van der Waals surface area contributed by atoms with E-state index in [-0.39, 0.29) is 11.7 Å². The molecule has 1 amide bonds. The van der Waals surface area contributed by atoms with Crippen molar-refractivity contribution in [2.45, 2.75) is 13.5 Å². The van der Waals surface area contributed by atoms with Crippen molar-refractivity contribution in [3.63, 3.8) is 0 Å². The Labute approximate surface area is 132 Å². The Bertz CT molecular complexity index is 821. The third-order valence-corrected chi connectivity index (χ3v) is 4.70. The van der Waals surface area contributed by atoms with Gasteiger partial charge in [0.1, 0.15) is 11.5 Å². The Morgan fingerprint density at radius 3 is 2.82 bits per heavy atom. The SMILES string of the molecule is CCN(C)C(=O)c1cc2sccc2n1Cc1ccccc1F. The Kier molecular flexibility index (Phi) is 3.98. The largest absolute Gasteiger partial charge is 0.341 e. The van der Waals surface area contributed by atoms with Crippen LogP contribution in [0.1, 0.15) is 23.0 Å². The number of thiophene rings is 1. The highest BCUT2D eigenvalue weighted by molar-refractivity contribution is 7.17. The van der Waals surface area contributed by atoms with E-state index in [0.29, 0.717) is 24.3 Å². The number of amides is 1. The van der Waals surface area contributed by atoms with Gasteiger partial charge in [-0.1, -0.05) is 18.2 Å². The lowest BCUT2D eigenvalue weighted by Crippen LogP contribution is -2.28. The molecule has 22 heavy (non-hydrogen) atoms. The molecule has 3 aromatic rings. The van der Waals surface area contributed by atoms with E-state index < -0.39 is 0 Å². The van der Waals surface area contributed by atoms with Gasteiger partial charge >= 0.3 is 0 Å². The molecule has 0 unspecified atom stereocenters. The summed E-state index contributed by atoms with van der Waals surface area (Å²) < 4.78 is 16.9. The van der Waals surface area contributed by atoms with Crippen LogP contribution in [0.15, 0.2) is 41.8 Å². The maximum atomic E-state index is 14.0. The van der Waals surface area contributed by atoms with Gasteiger partial charge in [0.05, 0.1) is 16.8 Å². The average Bonchev–Trinajstić information content (AvgIpc) is 3.10. The van der Waals surface area contributed by atoms with Crippen molar-refractivity contribution >= 4 is 27.5 Å². The van der Waals surface area contributed by atoms with E-state index >= 15 is 0 Å². The van der Waals surface area contributed by atoms with Gasteiger partial charge in [-0.3, -0.25) is 4.79 Å². The highest BCUT2D eigenvalue weighted by atomic mass is 32.1. The lowest BCUT2D eigenvalue weighted by atomic mass is 10.2. The second-order valence-corrected chi connectivity index (χ2v) is 6.14. The first-order chi connectivity index (χ1) is 10.6. The van der Waals surface area contributed by atoms with Gasteiger partial charge in [0, 0.05) is 19.2 Å². The maximum absolute atomic E-state index is 14.0. The minimum absolute atomic E-state index is 0.0396. The Balaban J connectivity index is 2.08. The van der Waals surface area contributed by atoms with Gasteiger partial charge in [0.25, 0.3) is 5.91 Å². The first-order valence-corrected chi connectivity index (χ1v) is 8.05. The minimum atomic E-state index is -0.248. The number of halogens is 1. The number of benzene rings is 1. The molecule has 0 aliphatic heterocycles. The number of carbonyl (C=O) groups excluding carboxylic acids is 1. The van der Waals surface area contributed by atoms with Crippen LogP contribution in [0, 0.1) is 5.82 Å². The maximum Gasteiger partial charge on any atom is 0.270 e. The second kappa shape index (κ2) is 5.93. The van der Waals surface area contributed by atoms with E-state index in [1.807, 2.05) is 35.1 Å². The van der Waals surface area contributed by atoms with Crippen LogP contribution in [0.3, 0.4) is 0 Å². The lowest BCUT2D eigenvalue weighted by molar-refractivity contribution is 0.0792. The molecule has 114 valence electrons. The Morgan fingerprint density at radius 2 is 2.09 bits per heavy atom. The summed E-state index contributed by atoms with van der Waals surface area (Å²) in [6.07, 6.45) is 0. The van der Waals surface area contributed by atoms with Crippen LogP contribution < -0.4 is 0 Å². The van der Waals surface area contributed by atoms with E-state index in [0.717, 1.165) is 10.2 Å². The molecule has 0 spiro atoms. The second-order valence-electron chi connectivity index (χ2n) is 5.20. The zero-order valence-electron chi connectivity index (χ0n) is 12.5. The monoisotopic (exact) mass is 316 g/mol. The van der Waals surface area contributed by atoms with Gasteiger partial charge < -0.3 is 9.47 Å². The van der Waals surface area contributed by atoms with Gasteiger partial charge in [-0.05, 0) is 30.5 Å². The summed E-state index contributed by atoms with van der Waals surface area (Å²) in [5.41, 5.74) is 2.16. The molecule has 0 fully saturated rings. The molecule has 1 aromatic carbocycles. The topological polar surface area (TPSA) is 25.2 Å². The van der Waals surface area contributed by atoms with E-state index in [1.165, 1.54) is 6.07 Å². The number of aromatic nitrogens is 1. The standard InChI is InChI=1S/C17H17FN2OS/c1-3-19(2)17(21)15-10-16-14(8-9-22-16)20(15)11-12-6-4-5-7-13(12)18/h4-10H,3,11H2,1-2H3. The molecule has 2 heterocycles. The predicted octanol–water partition coefficient (Wildman–Crippen LogP) is 3.98. The van der Waals surface area contributed by atoms with E-state index in [9.17, 15) is 9.18 Å². The third-order valence-electron chi connectivity index (χ3n) is 3.85. The third kappa shape index (κ3) is 2.52. The Hall–Kier alpha value is -2.14. The zero-order valence-corrected chi connectivity index (χ0v) is 13.4. The number of rotatable bonds is 4. The summed E-state index contributed by atoms with van der Waals surface area (Å²) in [5.74, 6) is -0.288. The van der Waals surface area contributed by atoms with Crippen LogP contribution in [-0.4, -0.2) is 29.0 Å². The molecule has 0 aliphatic carbocycles. The molecule has 0 radical (unpaired) electrons. The molecule has 3 nitrogen and oxygen atoms in total. The molecule has 0 aliphatic rings. The molecule has 0 saturated carbocycles. The fourth-order valence-electron chi connectivity index (χ4n) is 2.46. The van der Waals surface area contributed by atoms with Crippen LogP contribution in [0.5, 0.6) is 0 Å². The van der Waals surface area contributed by atoms with E-state index in [4.69, 9.17) is 0 Å². The highest BCUT2D eigenvalue weighted by Crippen LogP contribution is 2.27. The summed E-state index contributed by atoms with van der Waals surface area (Å²) in [6.45, 7) is 2.92. The molecular formula is C17H17FN2OS. The smallest absolute Gasteiger partial charge is 0.270 e. The van der Waals surface area contributed by atoms with Crippen LogP contribution in [0.2, 0.25) is 0 Å². The van der Waals surface area contributed by atoms with Gasteiger partial charge in [-0.15, -0.1) is 11.3 Å². The Morgan fingerprint density at radius 1 is 1.32 bits per heavy atom. The first-order valence-electron chi connectivity index (χ1n) is 7.17. The van der Waals surface area contributed by atoms with E-state index in [2.05, 4.69) is 0 Å². The molecule has 0 atom stereocenters. The van der Waals surface area contributed by atoms with Crippen molar-refractivity contribution in [2.24, 2.45) is 0 Å². The summed E-state index contributed by atoms with van der Waals surface area (Å²) >= 11 is 1.59. The van der Waals surface area contributed by atoms with Crippen molar-refractivity contribution in [2.75, 3.05) is 13.6 Å². The quantitative estimate of drug-likeness (QED) is 0.714. The zero-order chi connectivity index (χ0) is 15.7. The van der Waals surface area contributed by atoms with Crippen molar-refractivity contribution < 1.29 is 9.18 Å². The molecule has 5 heteroatoms. The predicted molar refractivity (Wildman–Crippen MR) is 88.0 cm³/mol. The number of nitrogens with zero attached hydrogens (tertiary/aromatic N) is 2. The number of carbonyl (C=O) groups is 1. The number of fused-ring (bicyclic) bond motifs is 1. The summed E-state index contributed by atoms with van der Waals surface area (Å²) in [6, 6.07) is 10.6. The fourth-order valence-corrected chi connectivity index (χ4v) is 3.28. The molecule has 0 N–H and O–H groups in total. The van der Waals surface area contributed by atoms with Gasteiger partial charge in [0.2, 0.25) is 0 Å². The fraction of sp³-hybridized carbons (Fsp3) is 0.235. The van der Waals surface area contributed by atoms with Crippen LogP contribution in [0.25, 0.3) is 10.2 Å². The molecule has 2 aromatic heterocycles. The van der Waals surface area contributed by atoms with Gasteiger partial charge in [0.15, 0.2) is 0 Å². The minimum Gasteiger partial charge on any atom is -0.341 e. The lowest BCUT2D eigenvalue weighted by Gasteiger charge is -2.17. The van der Waals surface area contributed by atoms with E-state index in [1.54, 1.807) is 35.4 Å². The number of hydrogen-bond donors (Lipinski definition) is 0. The van der Waals surface area contributed by atoms with Crippen molar-refractivity contribution in [1.82, 2.24) is 9.47 Å². The first kappa shape index (κ1) is 14.8. The van der Waals surface area contributed by atoms with Crippen molar-refractivity contribution in [3.8, 4) is 0 Å². The van der Waals surface area contributed by atoms with Crippen LogP contribution in [-0.2, 0) is 6.54 Å². The van der Waals surface area contributed by atoms with Gasteiger partial charge in [-0.2, -0.15) is 0 Å². The number of hydrogen-bond acceptors (Lipinski definition) is 2. The summed E-state index contributed by atoms with van der Waals surface area (Å²) in [5, 5.41) is 1.99. The molecule has 0 bridgehead atoms. The molecule has 0 saturated heterocycles. The molecule has 3 rings (SSSR count). The van der Waals surface area contributed by atoms with Crippen molar-refractivity contribution in [1.29, 1.82) is 0 Å². The summed E-state index contributed by atoms with van der Waals surface area (Å²) in [7, 11) is 1.77. The average molecular weight is 316 g/mol. The normalized spacial score (nSPS) is 11.0. The van der Waals surface area contributed by atoms with Gasteiger partial charge in [-0.25, -0.2) is 4.39 Å². The summed E-state index contributed by atoms with van der Waals surface area (Å²) in [4.78, 5) is 14.2. The van der Waals surface area contributed by atoms with Crippen molar-refractivity contribution in [3.05, 3.63) is 58.9 Å². The highest BCUT2D eigenvalue weighted by Gasteiger charge is 2.19. The molecular weight excluding hydrogens is 299 g/mol. The van der Waals surface area contributed by atoms with Crippen LogP contribution in [0.4, 0.5) is 4.39 Å².